The van der Waals surface area contributed by atoms with Gasteiger partial charge in [0.25, 0.3) is 11.1 Å². The maximum atomic E-state index is 12.8. The van der Waals surface area contributed by atoms with Gasteiger partial charge in [0, 0.05) is 85.3 Å². The first-order valence-electron chi connectivity index (χ1n) is 19.1. The number of hydrogen-bond donors (Lipinski definition) is 0. The Hall–Kier alpha value is -6.63. The standard InChI is InChI=1S/C23H26N4O3.C21H20N4O2/c1-16-8-12-27-22(28)15-20(17-6-10-24-11-7-17)25-23(27)26(16)13-9-18-14-19(29-2)4-5-21(18)30-3;1-15-9-12-24-20(27)13-18(16-7-10-22-11-8-16)23-21(24)25(15)14-19(26)17-5-3-2-4-6-17/h4-7,10-11,14-16H,8-9,12-13H2,1-3H3;2-8,10-11,13,15H,9,12,14H2,1H3. The van der Waals surface area contributed by atoms with E-state index >= 15 is 0 Å². The predicted octanol–water partition coefficient (Wildman–Crippen LogP) is 5.95. The van der Waals surface area contributed by atoms with Crippen molar-refractivity contribution in [3.05, 3.63) is 142 Å². The zero-order chi connectivity index (χ0) is 39.9. The molecule has 0 saturated heterocycles. The van der Waals surface area contributed by atoms with Gasteiger partial charge in [0.1, 0.15) is 11.5 Å². The molecular weight excluding hydrogens is 721 g/mol. The number of benzene rings is 2. The minimum Gasteiger partial charge on any atom is -0.497 e. The molecule has 2 aromatic carbocycles. The number of Topliss-reactive ketones (excluding diaryl/α,β-unsaturated/α-hetero) is 1. The molecule has 0 amide bonds. The van der Waals surface area contributed by atoms with E-state index in [1.165, 1.54) is 0 Å². The van der Waals surface area contributed by atoms with Crippen molar-refractivity contribution < 1.29 is 14.3 Å². The number of pyridine rings is 2. The zero-order valence-corrected chi connectivity index (χ0v) is 32.6. The van der Waals surface area contributed by atoms with E-state index in [4.69, 9.17) is 19.4 Å². The third kappa shape index (κ3) is 8.62. The number of hydrogen-bond acceptors (Lipinski definition) is 11. The quantitative estimate of drug-likeness (QED) is 0.153. The summed E-state index contributed by atoms with van der Waals surface area (Å²) in [5, 5.41) is 0. The van der Waals surface area contributed by atoms with Gasteiger partial charge in [-0.3, -0.25) is 33.5 Å². The van der Waals surface area contributed by atoms with Gasteiger partial charge in [0.05, 0.1) is 32.2 Å². The number of nitrogens with zero attached hydrogens (tertiary/aromatic N) is 8. The van der Waals surface area contributed by atoms with E-state index in [9.17, 15) is 14.4 Å². The second-order valence-corrected chi connectivity index (χ2v) is 14.1. The van der Waals surface area contributed by atoms with Crippen LogP contribution >= 0.6 is 0 Å². The van der Waals surface area contributed by atoms with Crippen LogP contribution in [0.3, 0.4) is 0 Å². The number of fused-ring (bicyclic) bond motifs is 2. The van der Waals surface area contributed by atoms with E-state index in [2.05, 4.69) is 28.7 Å². The Labute approximate surface area is 331 Å². The average molecular weight is 767 g/mol. The van der Waals surface area contributed by atoms with Crippen LogP contribution in [0.25, 0.3) is 22.5 Å². The van der Waals surface area contributed by atoms with Crippen molar-refractivity contribution in [2.24, 2.45) is 0 Å². The molecule has 0 fully saturated rings. The predicted molar refractivity (Wildman–Crippen MR) is 220 cm³/mol. The minimum absolute atomic E-state index is 0.0134. The first-order chi connectivity index (χ1) is 27.7. The molecule has 6 aromatic rings. The first kappa shape index (κ1) is 38.6. The fourth-order valence-corrected chi connectivity index (χ4v) is 7.26. The van der Waals surface area contributed by atoms with Crippen molar-refractivity contribution in [2.75, 3.05) is 37.1 Å². The second kappa shape index (κ2) is 17.4. The molecule has 13 heteroatoms. The van der Waals surface area contributed by atoms with E-state index in [0.717, 1.165) is 59.9 Å². The highest BCUT2D eigenvalue weighted by Crippen LogP contribution is 2.29. The zero-order valence-electron chi connectivity index (χ0n) is 32.6. The molecule has 0 spiro atoms. The molecular formula is C44H46N8O5. The van der Waals surface area contributed by atoms with E-state index in [-0.39, 0.29) is 35.5 Å². The highest BCUT2D eigenvalue weighted by atomic mass is 16.5. The van der Waals surface area contributed by atoms with Crippen LogP contribution in [0.4, 0.5) is 11.9 Å². The van der Waals surface area contributed by atoms with Crippen LogP contribution in [0, 0.1) is 0 Å². The number of rotatable bonds is 10. The summed E-state index contributed by atoms with van der Waals surface area (Å²) in [5.41, 5.74) is 4.59. The largest absolute Gasteiger partial charge is 0.497 e. The molecule has 4 aromatic heterocycles. The topological polar surface area (TPSA) is 138 Å². The third-order valence-corrected chi connectivity index (χ3v) is 10.6. The summed E-state index contributed by atoms with van der Waals surface area (Å²) in [6.45, 7) is 6.44. The number of aromatic nitrogens is 6. The summed E-state index contributed by atoms with van der Waals surface area (Å²) in [5.74, 6) is 2.91. The summed E-state index contributed by atoms with van der Waals surface area (Å²) in [7, 11) is 3.33. The Morgan fingerprint density at radius 1 is 0.684 bits per heavy atom. The van der Waals surface area contributed by atoms with Gasteiger partial charge < -0.3 is 19.3 Å². The Kier molecular flexibility index (Phi) is 11.8. The van der Waals surface area contributed by atoms with Crippen molar-refractivity contribution in [3.8, 4) is 34.0 Å². The maximum absolute atomic E-state index is 12.8. The fraction of sp³-hybridized carbons (Fsp3) is 0.295. The molecule has 2 aliphatic rings. The number of ether oxygens (including phenoxy) is 2. The van der Waals surface area contributed by atoms with Crippen LogP contribution in [-0.4, -0.2) is 74.2 Å². The van der Waals surface area contributed by atoms with Gasteiger partial charge >= 0.3 is 0 Å². The number of ketones is 1. The van der Waals surface area contributed by atoms with Gasteiger partial charge in [0.15, 0.2) is 5.78 Å². The Balaban J connectivity index is 0.000000175. The van der Waals surface area contributed by atoms with Crippen LogP contribution in [0.1, 0.15) is 42.6 Å². The third-order valence-electron chi connectivity index (χ3n) is 10.6. The molecule has 0 aliphatic carbocycles. The summed E-state index contributed by atoms with van der Waals surface area (Å²) in [6, 6.07) is 26.0. The molecule has 2 atom stereocenters. The number of carbonyl (C=O) groups is 1. The molecule has 8 rings (SSSR count). The molecule has 292 valence electrons. The van der Waals surface area contributed by atoms with E-state index in [0.29, 0.717) is 36.0 Å². The Morgan fingerprint density at radius 2 is 1.23 bits per heavy atom. The lowest BCUT2D eigenvalue weighted by Crippen LogP contribution is -2.46. The van der Waals surface area contributed by atoms with Crippen molar-refractivity contribution in [2.45, 2.75) is 58.3 Å². The second-order valence-electron chi connectivity index (χ2n) is 14.1. The molecule has 0 bridgehead atoms. The number of methoxy groups -OCH3 is 2. The molecule has 6 heterocycles. The molecule has 57 heavy (non-hydrogen) atoms. The molecule has 2 aliphatic heterocycles. The van der Waals surface area contributed by atoms with Crippen LogP contribution in [-0.2, 0) is 19.5 Å². The van der Waals surface area contributed by atoms with Crippen molar-refractivity contribution >= 4 is 17.7 Å². The minimum atomic E-state index is -0.101. The lowest BCUT2D eigenvalue weighted by atomic mass is 10.1. The van der Waals surface area contributed by atoms with Crippen molar-refractivity contribution in [3.63, 3.8) is 0 Å². The summed E-state index contributed by atoms with van der Waals surface area (Å²) < 4.78 is 14.3. The summed E-state index contributed by atoms with van der Waals surface area (Å²) in [6.07, 6.45) is 9.22. The van der Waals surface area contributed by atoms with Gasteiger partial charge in [-0.1, -0.05) is 30.3 Å². The van der Waals surface area contributed by atoms with E-state index in [1.807, 2.05) is 77.7 Å². The fourth-order valence-electron chi connectivity index (χ4n) is 7.26. The number of carbonyl (C=O) groups excluding carboxylic acids is 1. The highest BCUT2D eigenvalue weighted by Gasteiger charge is 2.29. The summed E-state index contributed by atoms with van der Waals surface area (Å²) in [4.78, 5) is 60.0. The van der Waals surface area contributed by atoms with Crippen LogP contribution in [0.2, 0.25) is 0 Å². The normalized spacial score (nSPS) is 15.8. The smallest absolute Gasteiger partial charge is 0.255 e. The van der Waals surface area contributed by atoms with Gasteiger partial charge in [-0.2, -0.15) is 0 Å². The Bertz CT molecular complexity index is 2440. The SMILES string of the molecule is CC1CCn2c(nc(-c3ccncc3)cc2=O)N1CC(=O)c1ccccc1.COc1ccc(OC)c(CCN2c3nc(-c4ccncc4)cc(=O)n3CCC2C)c1. The lowest BCUT2D eigenvalue weighted by molar-refractivity contribution is 0.0994. The lowest BCUT2D eigenvalue weighted by Gasteiger charge is -2.36. The molecule has 0 N–H and O–H groups in total. The molecule has 13 nitrogen and oxygen atoms in total. The molecule has 0 radical (unpaired) electrons. The first-order valence-corrected chi connectivity index (χ1v) is 19.1. The van der Waals surface area contributed by atoms with Crippen LogP contribution < -0.4 is 30.4 Å². The monoisotopic (exact) mass is 766 g/mol. The van der Waals surface area contributed by atoms with Gasteiger partial charge in [-0.15, -0.1) is 0 Å². The van der Waals surface area contributed by atoms with Crippen LogP contribution in [0.5, 0.6) is 11.5 Å². The highest BCUT2D eigenvalue weighted by molar-refractivity contribution is 5.99. The van der Waals surface area contributed by atoms with E-state index < -0.39 is 0 Å². The Morgan fingerprint density at radius 3 is 1.77 bits per heavy atom. The van der Waals surface area contributed by atoms with Crippen LogP contribution in [0.15, 0.2) is 119 Å². The summed E-state index contributed by atoms with van der Waals surface area (Å²) >= 11 is 0. The maximum Gasteiger partial charge on any atom is 0.255 e. The molecule has 2 unspecified atom stereocenters. The van der Waals surface area contributed by atoms with Gasteiger partial charge in [-0.05, 0) is 81.1 Å². The average Bonchev–Trinajstić information content (AvgIpc) is 3.25. The molecule has 0 saturated carbocycles. The van der Waals surface area contributed by atoms with Crippen molar-refractivity contribution in [1.29, 1.82) is 0 Å². The number of anilines is 2. The van der Waals surface area contributed by atoms with Crippen molar-refractivity contribution in [1.82, 2.24) is 29.1 Å². The van der Waals surface area contributed by atoms with Gasteiger partial charge in [-0.25, -0.2) is 9.97 Å². The van der Waals surface area contributed by atoms with E-state index in [1.54, 1.807) is 60.3 Å². The van der Waals surface area contributed by atoms with Gasteiger partial charge in [0.2, 0.25) is 11.9 Å².